The summed E-state index contributed by atoms with van der Waals surface area (Å²) in [5.41, 5.74) is 1.55. The fourth-order valence-electron chi connectivity index (χ4n) is 0.927. The lowest BCUT2D eigenvalue weighted by molar-refractivity contribution is -0.137. The molecular formula is C8H11N3O4. The average Bonchev–Trinajstić information content (AvgIpc) is 2.13. The van der Waals surface area contributed by atoms with Crippen LogP contribution in [0.2, 0.25) is 0 Å². The molecule has 0 aliphatic carbocycles. The third-order valence-corrected chi connectivity index (χ3v) is 1.82. The molecule has 0 aromatic carbocycles. The highest BCUT2D eigenvalue weighted by Crippen LogP contribution is 1.85. The van der Waals surface area contributed by atoms with E-state index >= 15 is 0 Å². The summed E-state index contributed by atoms with van der Waals surface area (Å²) in [6, 6.07) is -0.923. The van der Waals surface area contributed by atoms with Crippen LogP contribution >= 0.6 is 0 Å². The smallest absolute Gasteiger partial charge is 0.346 e. The van der Waals surface area contributed by atoms with E-state index in [1.165, 1.54) is 20.0 Å². The van der Waals surface area contributed by atoms with Crippen molar-refractivity contribution in [3.63, 3.8) is 0 Å². The summed E-state index contributed by atoms with van der Waals surface area (Å²) in [5.74, 6) is -1.09. The van der Waals surface area contributed by atoms with Gasteiger partial charge in [-0.2, -0.15) is 0 Å². The number of H-pyrrole nitrogens is 1. The standard InChI is InChI=1S/C8H11N3O4/c1-4-3-11(8(15)9-6(4)12)10-5(2)7(13)14/h3,5,10H,1-2H3,(H,13,14)(H,9,12,15)/t5-/m0/s1. The zero-order valence-electron chi connectivity index (χ0n) is 8.27. The molecule has 1 heterocycles. The van der Waals surface area contributed by atoms with E-state index in [1.807, 2.05) is 4.98 Å². The minimum absolute atomic E-state index is 0.319. The molecule has 0 unspecified atom stereocenters. The van der Waals surface area contributed by atoms with Gasteiger partial charge in [0.2, 0.25) is 0 Å². The number of aromatic nitrogens is 2. The highest BCUT2D eigenvalue weighted by atomic mass is 16.4. The number of rotatable bonds is 3. The molecule has 7 heteroatoms. The van der Waals surface area contributed by atoms with Crippen LogP contribution in [0.15, 0.2) is 15.8 Å². The predicted octanol–water partition coefficient (Wildman–Crippen LogP) is -1.14. The molecule has 0 spiro atoms. The van der Waals surface area contributed by atoms with Crippen molar-refractivity contribution in [3.05, 3.63) is 32.6 Å². The van der Waals surface area contributed by atoms with Crippen LogP contribution in [0.1, 0.15) is 12.5 Å². The van der Waals surface area contributed by atoms with Crippen molar-refractivity contribution in [3.8, 4) is 0 Å². The molecule has 1 rings (SSSR count). The number of aryl methyl sites for hydroxylation is 1. The largest absolute Gasteiger partial charge is 0.480 e. The summed E-state index contributed by atoms with van der Waals surface area (Å²) in [5, 5.41) is 8.61. The molecule has 0 saturated heterocycles. The Morgan fingerprint density at radius 1 is 1.60 bits per heavy atom. The van der Waals surface area contributed by atoms with Crippen LogP contribution in [0.4, 0.5) is 0 Å². The van der Waals surface area contributed by atoms with Crippen molar-refractivity contribution in [2.45, 2.75) is 19.9 Å². The van der Waals surface area contributed by atoms with Crippen LogP contribution < -0.4 is 16.7 Å². The van der Waals surface area contributed by atoms with Crippen molar-refractivity contribution >= 4 is 5.97 Å². The molecular weight excluding hydrogens is 202 g/mol. The van der Waals surface area contributed by atoms with Gasteiger partial charge in [-0.3, -0.25) is 9.78 Å². The van der Waals surface area contributed by atoms with Crippen LogP contribution in [-0.2, 0) is 4.79 Å². The zero-order valence-corrected chi connectivity index (χ0v) is 8.27. The molecule has 0 fully saturated rings. The fourth-order valence-corrected chi connectivity index (χ4v) is 0.927. The third-order valence-electron chi connectivity index (χ3n) is 1.82. The monoisotopic (exact) mass is 213 g/mol. The highest BCUT2D eigenvalue weighted by Gasteiger charge is 2.11. The van der Waals surface area contributed by atoms with Gasteiger partial charge in [-0.05, 0) is 13.8 Å². The lowest BCUT2D eigenvalue weighted by Gasteiger charge is -2.12. The van der Waals surface area contributed by atoms with Gasteiger partial charge in [-0.25, -0.2) is 14.3 Å². The summed E-state index contributed by atoms with van der Waals surface area (Å²) in [6.45, 7) is 2.90. The maximum atomic E-state index is 11.2. The van der Waals surface area contributed by atoms with Crippen molar-refractivity contribution < 1.29 is 9.90 Å². The Morgan fingerprint density at radius 2 is 2.20 bits per heavy atom. The topological polar surface area (TPSA) is 104 Å². The lowest BCUT2D eigenvalue weighted by atomic mass is 10.4. The maximum Gasteiger partial charge on any atom is 0.346 e. The molecule has 1 aromatic rings. The molecule has 7 nitrogen and oxygen atoms in total. The minimum Gasteiger partial charge on any atom is -0.480 e. The molecule has 0 amide bonds. The van der Waals surface area contributed by atoms with E-state index in [9.17, 15) is 14.4 Å². The van der Waals surface area contributed by atoms with Crippen molar-refractivity contribution in [1.29, 1.82) is 0 Å². The summed E-state index contributed by atoms with van der Waals surface area (Å²) in [6.07, 6.45) is 1.25. The summed E-state index contributed by atoms with van der Waals surface area (Å²) < 4.78 is 0.940. The van der Waals surface area contributed by atoms with Gasteiger partial charge in [0.05, 0.1) is 0 Å². The van der Waals surface area contributed by atoms with Gasteiger partial charge in [-0.15, -0.1) is 0 Å². The zero-order chi connectivity index (χ0) is 11.6. The Bertz CT molecular complexity index is 487. The number of hydrogen-bond donors (Lipinski definition) is 3. The van der Waals surface area contributed by atoms with Gasteiger partial charge in [0.25, 0.3) is 5.56 Å². The first kappa shape index (κ1) is 11.0. The molecule has 0 aliphatic heterocycles. The molecule has 0 bridgehead atoms. The van der Waals surface area contributed by atoms with Crippen LogP contribution in [0.3, 0.4) is 0 Å². The Labute approximate surface area is 84.3 Å². The Balaban J connectivity index is 3.06. The van der Waals surface area contributed by atoms with E-state index in [-0.39, 0.29) is 0 Å². The van der Waals surface area contributed by atoms with E-state index in [1.54, 1.807) is 0 Å². The number of aliphatic carboxylic acids is 1. The Kier molecular flexibility index (Phi) is 2.93. The minimum atomic E-state index is -1.09. The molecule has 0 aliphatic rings. The molecule has 0 radical (unpaired) electrons. The van der Waals surface area contributed by atoms with E-state index < -0.39 is 23.3 Å². The van der Waals surface area contributed by atoms with Crippen LogP contribution in [0.5, 0.6) is 0 Å². The third kappa shape index (κ3) is 2.46. The second-order valence-corrected chi connectivity index (χ2v) is 3.13. The first-order chi connectivity index (χ1) is 6.91. The van der Waals surface area contributed by atoms with Crippen molar-refractivity contribution in [2.75, 3.05) is 5.43 Å². The lowest BCUT2D eigenvalue weighted by Crippen LogP contribution is -2.41. The predicted molar refractivity (Wildman–Crippen MR) is 52.5 cm³/mol. The van der Waals surface area contributed by atoms with Gasteiger partial charge in [0.1, 0.15) is 6.04 Å². The van der Waals surface area contributed by atoms with Gasteiger partial charge in [-0.1, -0.05) is 0 Å². The van der Waals surface area contributed by atoms with Gasteiger partial charge in [0.15, 0.2) is 0 Å². The van der Waals surface area contributed by atoms with Crippen LogP contribution in [0, 0.1) is 6.92 Å². The van der Waals surface area contributed by atoms with Gasteiger partial charge < -0.3 is 10.5 Å². The van der Waals surface area contributed by atoms with Gasteiger partial charge in [0, 0.05) is 11.8 Å². The highest BCUT2D eigenvalue weighted by molar-refractivity contribution is 5.74. The molecule has 0 saturated carbocycles. The maximum absolute atomic E-state index is 11.2. The quantitative estimate of drug-likeness (QED) is 0.588. The molecule has 3 N–H and O–H groups in total. The Morgan fingerprint density at radius 3 is 2.73 bits per heavy atom. The fraction of sp³-hybridized carbons (Fsp3) is 0.375. The number of hydrogen-bond acceptors (Lipinski definition) is 4. The number of carboxylic acids is 1. The SMILES string of the molecule is Cc1cn(N[C@@H](C)C(=O)O)c(=O)[nH]c1=O. The Hall–Kier alpha value is -2.05. The number of nitrogens with one attached hydrogen (secondary N) is 2. The molecule has 15 heavy (non-hydrogen) atoms. The molecule has 1 atom stereocenters. The van der Waals surface area contributed by atoms with E-state index in [0.717, 1.165) is 4.68 Å². The van der Waals surface area contributed by atoms with E-state index in [4.69, 9.17) is 5.11 Å². The number of carbonyl (C=O) groups is 1. The van der Waals surface area contributed by atoms with Crippen molar-refractivity contribution in [1.82, 2.24) is 9.66 Å². The molecule has 82 valence electrons. The normalized spacial score (nSPS) is 12.1. The number of carboxylic acid groups (broad SMARTS) is 1. The second kappa shape index (κ2) is 3.99. The van der Waals surface area contributed by atoms with E-state index in [0.29, 0.717) is 5.56 Å². The first-order valence-electron chi connectivity index (χ1n) is 4.23. The van der Waals surface area contributed by atoms with Crippen LogP contribution in [-0.4, -0.2) is 26.8 Å². The van der Waals surface area contributed by atoms with Crippen molar-refractivity contribution in [2.24, 2.45) is 0 Å². The molecule has 1 aromatic heterocycles. The van der Waals surface area contributed by atoms with Gasteiger partial charge >= 0.3 is 11.7 Å². The summed E-state index contributed by atoms with van der Waals surface area (Å²) >= 11 is 0. The first-order valence-corrected chi connectivity index (χ1v) is 4.23. The second-order valence-electron chi connectivity index (χ2n) is 3.13. The summed E-state index contributed by atoms with van der Waals surface area (Å²) in [4.78, 5) is 34.8. The van der Waals surface area contributed by atoms with E-state index in [2.05, 4.69) is 5.43 Å². The number of nitrogens with zero attached hydrogens (tertiary/aromatic N) is 1. The number of aromatic amines is 1. The van der Waals surface area contributed by atoms with Crippen LogP contribution in [0.25, 0.3) is 0 Å². The average molecular weight is 213 g/mol. The summed E-state index contributed by atoms with van der Waals surface area (Å²) in [7, 11) is 0.